The lowest BCUT2D eigenvalue weighted by Crippen LogP contribution is -2.47. The van der Waals surface area contributed by atoms with Gasteiger partial charge in [0, 0.05) is 45.5 Å². The molecule has 0 aliphatic carbocycles. The number of ether oxygens (including phenoxy) is 1. The van der Waals surface area contributed by atoms with Gasteiger partial charge in [0.2, 0.25) is 0 Å². The molecule has 26 heavy (non-hydrogen) atoms. The van der Waals surface area contributed by atoms with Crippen molar-refractivity contribution < 1.29 is 4.74 Å². The van der Waals surface area contributed by atoms with E-state index in [9.17, 15) is 0 Å². The van der Waals surface area contributed by atoms with Crippen molar-refractivity contribution in [2.75, 3.05) is 67.3 Å². The highest BCUT2D eigenvalue weighted by atomic mass is 16.5. The minimum absolute atomic E-state index is 0.601. The first-order chi connectivity index (χ1) is 12.6. The van der Waals surface area contributed by atoms with E-state index in [1.807, 2.05) is 0 Å². The first-order valence-electron chi connectivity index (χ1n) is 9.01. The van der Waals surface area contributed by atoms with Crippen LogP contribution in [-0.4, -0.2) is 56.4 Å². The molecule has 140 valence electrons. The van der Waals surface area contributed by atoms with Crippen molar-refractivity contribution >= 4 is 23.0 Å². The average Bonchev–Trinajstić information content (AvgIpc) is 2.66. The Morgan fingerprint density at radius 3 is 2.58 bits per heavy atom. The summed E-state index contributed by atoms with van der Waals surface area (Å²) in [5.41, 5.74) is 10.9. The summed E-state index contributed by atoms with van der Waals surface area (Å²) in [5, 5.41) is 3.20. The predicted molar refractivity (Wildman–Crippen MR) is 107 cm³/mol. The summed E-state index contributed by atoms with van der Waals surface area (Å²) in [6, 6.07) is 6.49. The van der Waals surface area contributed by atoms with Gasteiger partial charge in [0.15, 0.2) is 11.6 Å². The third-order valence-corrected chi connectivity index (χ3v) is 4.96. The molecule has 3 N–H and O–H groups in total. The molecule has 3 rings (SSSR count). The smallest absolute Gasteiger partial charge is 0.157 e. The second-order valence-electron chi connectivity index (χ2n) is 6.57. The fourth-order valence-corrected chi connectivity index (χ4v) is 3.29. The molecule has 1 aromatic heterocycles. The third kappa shape index (κ3) is 3.83. The summed E-state index contributed by atoms with van der Waals surface area (Å²) < 4.78 is 5.06. The Morgan fingerprint density at radius 1 is 1.12 bits per heavy atom. The lowest BCUT2D eigenvalue weighted by molar-refractivity contribution is 0.210. The van der Waals surface area contributed by atoms with Gasteiger partial charge in [-0.25, -0.2) is 9.97 Å². The Balaban J connectivity index is 1.68. The van der Waals surface area contributed by atoms with E-state index in [0.717, 1.165) is 32.0 Å². The molecule has 1 fully saturated rings. The van der Waals surface area contributed by atoms with E-state index in [1.165, 1.54) is 16.8 Å². The largest absolute Gasteiger partial charge is 0.393 e. The Kier molecular flexibility index (Phi) is 5.78. The van der Waals surface area contributed by atoms with Crippen LogP contribution >= 0.6 is 0 Å². The van der Waals surface area contributed by atoms with Crippen LogP contribution in [0.3, 0.4) is 0 Å². The van der Waals surface area contributed by atoms with E-state index in [4.69, 9.17) is 10.5 Å². The number of anilines is 4. The fourth-order valence-electron chi connectivity index (χ4n) is 3.29. The molecule has 0 amide bonds. The first kappa shape index (κ1) is 18.3. The number of hydrogen-bond acceptors (Lipinski definition) is 7. The zero-order valence-electron chi connectivity index (χ0n) is 15.8. The van der Waals surface area contributed by atoms with Crippen molar-refractivity contribution in [3.05, 3.63) is 35.7 Å². The Hall–Kier alpha value is -2.54. The van der Waals surface area contributed by atoms with E-state index in [0.29, 0.717) is 24.7 Å². The summed E-state index contributed by atoms with van der Waals surface area (Å²) in [5.74, 6) is 1.48. The molecule has 1 aliphatic rings. The molecule has 2 aromatic rings. The van der Waals surface area contributed by atoms with Gasteiger partial charge in [-0.05, 0) is 31.0 Å². The molecular weight excluding hydrogens is 328 g/mol. The number of rotatable bonds is 6. The minimum atomic E-state index is 0.601. The van der Waals surface area contributed by atoms with E-state index in [2.05, 4.69) is 57.1 Å². The second kappa shape index (κ2) is 8.23. The van der Waals surface area contributed by atoms with E-state index in [1.54, 1.807) is 13.4 Å². The number of piperazine rings is 1. The quantitative estimate of drug-likeness (QED) is 0.767. The zero-order valence-corrected chi connectivity index (χ0v) is 15.8. The number of methoxy groups -OCH3 is 1. The number of nitrogens with two attached hydrogens (primary N) is 1. The topological polar surface area (TPSA) is 79.5 Å². The van der Waals surface area contributed by atoms with Crippen LogP contribution in [-0.2, 0) is 4.74 Å². The highest BCUT2D eigenvalue weighted by Gasteiger charge is 2.22. The molecular formula is C19H28N6O. The number of nitrogens with one attached hydrogen (secondary N) is 1. The molecule has 0 spiro atoms. The Bertz CT molecular complexity index is 743. The number of benzene rings is 1. The van der Waals surface area contributed by atoms with Gasteiger partial charge in [-0.15, -0.1) is 0 Å². The van der Waals surface area contributed by atoms with Gasteiger partial charge >= 0.3 is 0 Å². The number of nitrogens with zero attached hydrogens (tertiary/aromatic N) is 4. The van der Waals surface area contributed by atoms with Gasteiger partial charge in [0.25, 0.3) is 0 Å². The standard InChI is InChI=1S/C19H28N6O/c1-14-5-4-6-16(15(14)2)24-8-10-25(11-9-24)19-17(20)18(22-13-23-19)21-7-12-26-3/h4-6,13H,7-12,20H2,1-3H3,(H,21,22,23). The fraction of sp³-hybridized carbons (Fsp3) is 0.474. The predicted octanol–water partition coefficient (Wildman–Crippen LogP) is 2.06. The Labute approximate surface area is 155 Å². The maximum atomic E-state index is 6.30. The van der Waals surface area contributed by atoms with Gasteiger partial charge in [-0.2, -0.15) is 0 Å². The average molecular weight is 356 g/mol. The highest BCUT2D eigenvalue weighted by Crippen LogP contribution is 2.29. The molecule has 0 radical (unpaired) electrons. The molecule has 0 saturated carbocycles. The summed E-state index contributed by atoms with van der Waals surface area (Å²) >= 11 is 0. The van der Waals surface area contributed by atoms with Crippen molar-refractivity contribution in [1.82, 2.24) is 9.97 Å². The van der Waals surface area contributed by atoms with Gasteiger partial charge in [0.1, 0.15) is 12.0 Å². The van der Waals surface area contributed by atoms with Gasteiger partial charge in [0.05, 0.1) is 6.61 Å². The minimum Gasteiger partial charge on any atom is -0.393 e. The molecule has 0 bridgehead atoms. The second-order valence-corrected chi connectivity index (χ2v) is 6.57. The Morgan fingerprint density at radius 2 is 1.85 bits per heavy atom. The highest BCUT2D eigenvalue weighted by molar-refractivity contribution is 5.75. The van der Waals surface area contributed by atoms with Crippen LogP contribution in [0.5, 0.6) is 0 Å². The molecule has 1 aliphatic heterocycles. The molecule has 1 aromatic carbocycles. The lowest BCUT2D eigenvalue weighted by atomic mass is 10.1. The van der Waals surface area contributed by atoms with E-state index in [-0.39, 0.29) is 0 Å². The van der Waals surface area contributed by atoms with Crippen LogP contribution in [0.1, 0.15) is 11.1 Å². The summed E-state index contributed by atoms with van der Waals surface area (Å²) in [7, 11) is 1.67. The SMILES string of the molecule is COCCNc1ncnc(N2CCN(c3cccc(C)c3C)CC2)c1N. The van der Waals surface area contributed by atoms with E-state index < -0.39 is 0 Å². The van der Waals surface area contributed by atoms with Gasteiger partial charge in [-0.1, -0.05) is 12.1 Å². The van der Waals surface area contributed by atoms with Crippen LogP contribution in [0, 0.1) is 13.8 Å². The number of aromatic nitrogens is 2. The van der Waals surface area contributed by atoms with Crippen molar-refractivity contribution in [3.8, 4) is 0 Å². The van der Waals surface area contributed by atoms with Gasteiger partial charge < -0.3 is 25.6 Å². The van der Waals surface area contributed by atoms with Crippen molar-refractivity contribution in [3.63, 3.8) is 0 Å². The van der Waals surface area contributed by atoms with Gasteiger partial charge in [-0.3, -0.25) is 0 Å². The summed E-state index contributed by atoms with van der Waals surface area (Å²) in [4.78, 5) is 13.3. The van der Waals surface area contributed by atoms with Crippen molar-refractivity contribution in [2.45, 2.75) is 13.8 Å². The molecule has 7 nitrogen and oxygen atoms in total. The molecule has 0 atom stereocenters. The summed E-state index contributed by atoms with van der Waals surface area (Å²) in [6.45, 7) is 9.27. The van der Waals surface area contributed by atoms with Crippen molar-refractivity contribution in [2.24, 2.45) is 0 Å². The molecule has 1 saturated heterocycles. The maximum Gasteiger partial charge on any atom is 0.157 e. The lowest BCUT2D eigenvalue weighted by Gasteiger charge is -2.38. The number of nitrogen functional groups attached to an aromatic ring is 1. The molecule has 0 unspecified atom stereocenters. The maximum absolute atomic E-state index is 6.30. The monoisotopic (exact) mass is 356 g/mol. The molecule has 7 heteroatoms. The van der Waals surface area contributed by atoms with Crippen LogP contribution in [0.15, 0.2) is 24.5 Å². The third-order valence-electron chi connectivity index (χ3n) is 4.96. The first-order valence-corrected chi connectivity index (χ1v) is 9.01. The molecule has 2 heterocycles. The number of aryl methyl sites for hydroxylation is 1. The van der Waals surface area contributed by atoms with Crippen LogP contribution < -0.4 is 20.9 Å². The van der Waals surface area contributed by atoms with E-state index >= 15 is 0 Å². The van der Waals surface area contributed by atoms with Crippen LogP contribution in [0.4, 0.5) is 23.0 Å². The van der Waals surface area contributed by atoms with Crippen molar-refractivity contribution in [1.29, 1.82) is 0 Å². The zero-order chi connectivity index (χ0) is 18.5. The number of hydrogen-bond donors (Lipinski definition) is 2. The van der Waals surface area contributed by atoms with Crippen LogP contribution in [0.25, 0.3) is 0 Å². The van der Waals surface area contributed by atoms with Crippen LogP contribution in [0.2, 0.25) is 0 Å². The summed E-state index contributed by atoms with van der Waals surface area (Å²) in [6.07, 6.45) is 1.57. The normalized spacial score (nSPS) is 14.6.